The third kappa shape index (κ3) is 3.50. The van der Waals surface area contributed by atoms with E-state index >= 15 is 0 Å². The van der Waals surface area contributed by atoms with Gasteiger partial charge in [0.05, 0.1) is 6.07 Å². The quantitative estimate of drug-likeness (QED) is 0.781. The van der Waals surface area contributed by atoms with Crippen molar-refractivity contribution < 1.29 is 0 Å². The fourth-order valence-corrected chi connectivity index (χ4v) is 2.85. The zero-order chi connectivity index (χ0) is 13.9. The van der Waals surface area contributed by atoms with Crippen LogP contribution in [0.25, 0.3) is 0 Å². The molecule has 0 aliphatic heterocycles. The van der Waals surface area contributed by atoms with Gasteiger partial charge in [-0.15, -0.1) is 0 Å². The van der Waals surface area contributed by atoms with E-state index in [1.807, 2.05) is 0 Å². The van der Waals surface area contributed by atoms with Gasteiger partial charge in [0.15, 0.2) is 0 Å². The summed E-state index contributed by atoms with van der Waals surface area (Å²) in [4.78, 5) is 0. The Labute approximate surface area is 116 Å². The van der Waals surface area contributed by atoms with Gasteiger partial charge in [-0.25, -0.2) is 0 Å². The largest absolute Gasteiger partial charge is 0.367 e. The Bertz CT molecular complexity index is 467. The average molecular weight is 256 g/mol. The second kappa shape index (κ2) is 5.25. The maximum Gasteiger partial charge on any atom is 0.125 e. The number of rotatable bonds is 2. The normalized spacial score (nSPS) is 26.2. The van der Waals surface area contributed by atoms with E-state index in [9.17, 15) is 5.26 Å². The molecule has 0 aromatic heterocycles. The van der Waals surface area contributed by atoms with Crippen molar-refractivity contribution >= 4 is 5.69 Å². The summed E-state index contributed by atoms with van der Waals surface area (Å²) in [6.45, 7) is 6.71. The second-order valence-corrected chi connectivity index (χ2v) is 6.70. The molecule has 1 aromatic carbocycles. The van der Waals surface area contributed by atoms with Crippen molar-refractivity contribution in [3.8, 4) is 6.07 Å². The maximum absolute atomic E-state index is 9.64. The highest BCUT2D eigenvalue weighted by molar-refractivity contribution is 5.48. The number of benzene rings is 1. The molecule has 0 spiro atoms. The van der Waals surface area contributed by atoms with Crippen LogP contribution in [0, 0.1) is 23.7 Å². The maximum atomic E-state index is 9.64. The lowest BCUT2D eigenvalue weighted by atomic mass is 9.84. The molecule has 1 fully saturated rings. The van der Waals surface area contributed by atoms with Gasteiger partial charge in [0.2, 0.25) is 0 Å². The monoisotopic (exact) mass is 256 g/mol. The summed E-state index contributed by atoms with van der Waals surface area (Å²) in [7, 11) is 0. The molecular weight excluding hydrogens is 232 g/mol. The van der Waals surface area contributed by atoms with Gasteiger partial charge in [-0.1, -0.05) is 31.5 Å². The highest BCUT2D eigenvalue weighted by Crippen LogP contribution is 2.39. The summed E-state index contributed by atoms with van der Waals surface area (Å²) in [6, 6.07) is 10.9. The number of hydrogen-bond donors (Lipinski definition) is 1. The van der Waals surface area contributed by atoms with Crippen molar-refractivity contribution in [3.05, 3.63) is 29.8 Å². The lowest BCUT2D eigenvalue weighted by Gasteiger charge is -2.28. The van der Waals surface area contributed by atoms with E-state index in [2.05, 4.69) is 56.4 Å². The van der Waals surface area contributed by atoms with Crippen molar-refractivity contribution in [3.63, 3.8) is 0 Å². The van der Waals surface area contributed by atoms with Crippen molar-refractivity contribution in [2.45, 2.75) is 58.4 Å². The van der Waals surface area contributed by atoms with Gasteiger partial charge in [0, 0.05) is 5.69 Å². The van der Waals surface area contributed by atoms with Crippen LogP contribution in [0.3, 0.4) is 0 Å². The van der Waals surface area contributed by atoms with Crippen LogP contribution >= 0.6 is 0 Å². The molecule has 1 atom stereocenters. The molecule has 0 amide bonds. The molecule has 1 aromatic rings. The molecule has 1 saturated carbocycles. The summed E-state index contributed by atoms with van der Waals surface area (Å²) in [5.41, 5.74) is 2.29. The number of anilines is 1. The summed E-state index contributed by atoms with van der Waals surface area (Å²) < 4.78 is 0. The zero-order valence-corrected chi connectivity index (χ0v) is 12.3. The molecule has 1 N–H and O–H groups in total. The van der Waals surface area contributed by atoms with Crippen LogP contribution in [-0.2, 0) is 0 Å². The minimum Gasteiger partial charge on any atom is -0.367 e. The van der Waals surface area contributed by atoms with E-state index in [1.54, 1.807) is 0 Å². The average Bonchev–Trinajstić information content (AvgIpc) is 2.52. The third-order valence-electron chi connectivity index (χ3n) is 4.33. The molecule has 0 saturated heterocycles. The molecule has 1 aliphatic carbocycles. The Balaban J connectivity index is 2.15. The number of aryl methyl sites for hydroxylation is 1. The summed E-state index contributed by atoms with van der Waals surface area (Å²) in [6.07, 6.45) is 5.33. The Morgan fingerprint density at radius 1 is 1.05 bits per heavy atom. The predicted molar refractivity (Wildman–Crippen MR) is 80.0 cm³/mol. The smallest absolute Gasteiger partial charge is 0.125 e. The standard InChI is InChI=1S/C17H24N2/c1-14-5-7-15(8-6-14)19-17(13-18)10-4-9-16(2,3)11-12-17/h5-8,19H,4,9-12H2,1-3H3. The fourth-order valence-electron chi connectivity index (χ4n) is 2.85. The van der Waals surface area contributed by atoms with Crippen molar-refractivity contribution in [2.24, 2.45) is 5.41 Å². The Kier molecular flexibility index (Phi) is 3.85. The number of hydrogen-bond acceptors (Lipinski definition) is 2. The first-order chi connectivity index (χ1) is 8.95. The molecule has 1 unspecified atom stereocenters. The van der Waals surface area contributed by atoms with Gasteiger partial charge < -0.3 is 5.32 Å². The van der Waals surface area contributed by atoms with Crippen molar-refractivity contribution in [2.75, 3.05) is 5.32 Å². The van der Waals surface area contributed by atoms with Gasteiger partial charge in [0.1, 0.15) is 5.54 Å². The van der Waals surface area contributed by atoms with E-state index in [0.29, 0.717) is 5.41 Å². The lowest BCUT2D eigenvalue weighted by molar-refractivity contribution is 0.310. The van der Waals surface area contributed by atoms with Crippen molar-refractivity contribution in [1.29, 1.82) is 5.26 Å². The molecular formula is C17H24N2. The summed E-state index contributed by atoms with van der Waals surface area (Å²) in [5.74, 6) is 0. The van der Waals surface area contributed by atoms with Crippen LogP contribution in [0.5, 0.6) is 0 Å². The minimum atomic E-state index is -0.386. The molecule has 0 heterocycles. The van der Waals surface area contributed by atoms with Crippen LogP contribution in [0.2, 0.25) is 0 Å². The molecule has 2 nitrogen and oxygen atoms in total. The van der Waals surface area contributed by atoms with E-state index in [0.717, 1.165) is 31.4 Å². The van der Waals surface area contributed by atoms with E-state index in [1.165, 1.54) is 12.0 Å². The highest BCUT2D eigenvalue weighted by atomic mass is 15.0. The third-order valence-corrected chi connectivity index (χ3v) is 4.33. The first-order valence-electron chi connectivity index (χ1n) is 7.21. The highest BCUT2D eigenvalue weighted by Gasteiger charge is 2.35. The molecule has 0 radical (unpaired) electrons. The van der Waals surface area contributed by atoms with Crippen LogP contribution < -0.4 is 5.32 Å². The first-order valence-corrected chi connectivity index (χ1v) is 7.21. The summed E-state index contributed by atoms with van der Waals surface area (Å²) >= 11 is 0. The van der Waals surface area contributed by atoms with E-state index in [-0.39, 0.29) is 5.54 Å². The van der Waals surface area contributed by atoms with Crippen LogP contribution in [-0.4, -0.2) is 5.54 Å². The molecule has 2 heteroatoms. The number of nitrogens with one attached hydrogen (secondary N) is 1. The molecule has 1 aliphatic rings. The molecule has 19 heavy (non-hydrogen) atoms. The second-order valence-electron chi connectivity index (χ2n) is 6.70. The number of nitrogens with zero attached hydrogens (tertiary/aromatic N) is 1. The van der Waals surface area contributed by atoms with Gasteiger partial charge in [-0.3, -0.25) is 0 Å². The van der Waals surface area contributed by atoms with Crippen LogP contribution in [0.1, 0.15) is 51.5 Å². The minimum absolute atomic E-state index is 0.369. The molecule has 102 valence electrons. The van der Waals surface area contributed by atoms with Gasteiger partial charge >= 0.3 is 0 Å². The van der Waals surface area contributed by atoms with Gasteiger partial charge in [-0.2, -0.15) is 5.26 Å². The zero-order valence-electron chi connectivity index (χ0n) is 12.3. The van der Waals surface area contributed by atoms with Crippen molar-refractivity contribution in [1.82, 2.24) is 0 Å². The SMILES string of the molecule is Cc1ccc(NC2(C#N)CCCC(C)(C)CC2)cc1. The molecule has 2 rings (SSSR count). The Morgan fingerprint density at radius 3 is 2.37 bits per heavy atom. The fraction of sp³-hybridized carbons (Fsp3) is 0.588. The summed E-state index contributed by atoms with van der Waals surface area (Å²) in [5, 5.41) is 13.1. The molecule has 0 bridgehead atoms. The Hall–Kier alpha value is -1.49. The van der Waals surface area contributed by atoms with Crippen LogP contribution in [0.15, 0.2) is 24.3 Å². The van der Waals surface area contributed by atoms with E-state index < -0.39 is 0 Å². The van der Waals surface area contributed by atoms with Gasteiger partial charge in [0.25, 0.3) is 0 Å². The lowest BCUT2D eigenvalue weighted by Crippen LogP contribution is -2.36. The topological polar surface area (TPSA) is 35.8 Å². The van der Waals surface area contributed by atoms with Gasteiger partial charge in [-0.05, 0) is 56.6 Å². The Morgan fingerprint density at radius 2 is 1.74 bits per heavy atom. The predicted octanol–water partition coefficient (Wildman–Crippen LogP) is 4.66. The van der Waals surface area contributed by atoms with E-state index in [4.69, 9.17) is 0 Å². The first kappa shape index (κ1) is 13.9. The van der Waals surface area contributed by atoms with Crippen LogP contribution in [0.4, 0.5) is 5.69 Å². The number of nitriles is 1.